The van der Waals surface area contributed by atoms with E-state index >= 15 is 0 Å². The Bertz CT molecular complexity index is 1170. The molecule has 2 heterocycles. The molecule has 0 bridgehead atoms. The van der Waals surface area contributed by atoms with Crippen molar-refractivity contribution in [2.45, 2.75) is 13.8 Å². The summed E-state index contributed by atoms with van der Waals surface area (Å²) in [5.41, 5.74) is 7.46. The van der Waals surface area contributed by atoms with Crippen molar-refractivity contribution < 1.29 is 4.79 Å². The number of benzene rings is 2. The standard InChI is InChI=1S/C23H17ClN2O/c1-14-11-21-23(15(2)22(14)16-7-9-25-10-8-16)19(12-17(13-27)26-21)18-5-3-4-6-20(18)24/h3-13H,1-2H3. The van der Waals surface area contributed by atoms with Crippen molar-refractivity contribution in [1.29, 1.82) is 0 Å². The lowest BCUT2D eigenvalue weighted by Crippen LogP contribution is -1.98. The first-order valence-corrected chi connectivity index (χ1v) is 9.03. The van der Waals surface area contributed by atoms with Crippen LogP contribution >= 0.6 is 11.6 Å². The van der Waals surface area contributed by atoms with Crippen molar-refractivity contribution in [2.75, 3.05) is 0 Å². The van der Waals surface area contributed by atoms with Crippen molar-refractivity contribution in [2.24, 2.45) is 0 Å². The van der Waals surface area contributed by atoms with E-state index < -0.39 is 0 Å². The van der Waals surface area contributed by atoms with Crippen LogP contribution in [0.4, 0.5) is 0 Å². The summed E-state index contributed by atoms with van der Waals surface area (Å²) in [5, 5.41) is 1.65. The van der Waals surface area contributed by atoms with Crippen molar-refractivity contribution in [1.82, 2.24) is 9.97 Å². The van der Waals surface area contributed by atoms with Crippen LogP contribution in [0.1, 0.15) is 21.6 Å². The minimum Gasteiger partial charge on any atom is -0.296 e. The third-order valence-electron chi connectivity index (χ3n) is 4.82. The van der Waals surface area contributed by atoms with E-state index in [1.807, 2.05) is 48.5 Å². The summed E-state index contributed by atoms with van der Waals surface area (Å²) < 4.78 is 0. The summed E-state index contributed by atoms with van der Waals surface area (Å²) in [7, 11) is 0. The van der Waals surface area contributed by atoms with Crippen molar-refractivity contribution in [3.05, 3.63) is 82.8 Å². The average molecular weight is 373 g/mol. The molecule has 0 spiro atoms. The SMILES string of the molecule is Cc1cc2nc(C=O)cc(-c3ccccc3Cl)c2c(C)c1-c1ccncc1. The van der Waals surface area contributed by atoms with Crippen LogP contribution in [-0.2, 0) is 0 Å². The highest BCUT2D eigenvalue weighted by atomic mass is 35.5. The van der Waals surface area contributed by atoms with Crippen molar-refractivity contribution in [3.63, 3.8) is 0 Å². The molecule has 0 unspecified atom stereocenters. The summed E-state index contributed by atoms with van der Waals surface area (Å²) >= 11 is 6.48. The molecule has 0 amide bonds. The Morgan fingerprint density at radius 2 is 1.70 bits per heavy atom. The lowest BCUT2D eigenvalue weighted by Gasteiger charge is -2.17. The van der Waals surface area contributed by atoms with Crippen LogP contribution < -0.4 is 0 Å². The predicted octanol–water partition coefficient (Wildman–Crippen LogP) is 6.05. The fourth-order valence-electron chi connectivity index (χ4n) is 3.70. The minimum absolute atomic E-state index is 0.396. The maximum atomic E-state index is 11.5. The molecule has 2 aromatic heterocycles. The van der Waals surface area contributed by atoms with Gasteiger partial charge in [0.05, 0.1) is 5.52 Å². The molecule has 4 rings (SSSR count). The molecule has 132 valence electrons. The van der Waals surface area contributed by atoms with Gasteiger partial charge in [0.1, 0.15) is 5.69 Å². The quantitative estimate of drug-likeness (QED) is 0.411. The number of fused-ring (bicyclic) bond motifs is 1. The summed E-state index contributed by atoms with van der Waals surface area (Å²) in [6.45, 7) is 4.15. The number of carbonyl (C=O) groups is 1. The second kappa shape index (κ2) is 6.93. The zero-order valence-electron chi connectivity index (χ0n) is 15.0. The number of hydrogen-bond acceptors (Lipinski definition) is 3. The summed E-state index contributed by atoms with van der Waals surface area (Å²) in [5.74, 6) is 0. The molecule has 0 atom stereocenters. The van der Waals surface area contributed by atoms with Gasteiger partial charge in [0.25, 0.3) is 0 Å². The van der Waals surface area contributed by atoms with Gasteiger partial charge in [-0.15, -0.1) is 0 Å². The fraction of sp³-hybridized carbons (Fsp3) is 0.0870. The topological polar surface area (TPSA) is 42.9 Å². The average Bonchev–Trinajstić information content (AvgIpc) is 2.68. The van der Waals surface area contributed by atoms with Gasteiger partial charge in [0.2, 0.25) is 0 Å². The monoisotopic (exact) mass is 372 g/mol. The Kier molecular flexibility index (Phi) is 4.46. The largest absolute Gasteiger partial charge is 0.296 e. The Hall–Kier alpha value is -3.04. The van der Waals surface area contributed by atoms with Gasteiger partial charge in [-0.2, -0.15) is 0 Å². The third-order valence-corrected chi connectivity index (χ3v) is 5.15. The smallest absolute Gasteiger partial charge is 0.168 e. The molecule has 27 heavy (non-hydrogen) atoms. The number of nitrogens with zero attached hydrogens (tertiary/aromatic N) is 2. The zero-order chi connectivity index (χ0) is 19.0. The number of halogens is 1. The first-order valence-electron chi connectivity index (χ1n) is 8.65. The Morgan fingerprint density at radius 1 is 0.963 bits per heavy atom. The zero-order valence-corrected chi connectivity index (χ0v) is 15.8. The number of pyridine rings is 2. The van der Waals surface area contributed by atoms with E-state index in [1.165, 1.54) is 0 Å². The van der Waals surface area contributed by atoms with Crippen LogP contribution in [-0.4, -0.2) is 16.3 Å². The lowest BCUT2D eigenvalue weighted by atomic mass is 9.89. The molecular formula is C23H17ClN2O. The number of aromatic nitrogens is 2. The maximum Gasteiger partial charge on any atom is 0.168 e. The highest BCUT2D eigenvalue weighted by Gasteiger charge is 2.17. The van der Waals surface area contributed by atoms with Gasteiger partial charge in [-0.3, -0.25) is 9.78 Å². The molecule has 0 aliphatic heterocycles. The molecule has 0 saturated carbocycles. The molecule has 0 aliphatic rings. The van der Waals surface area contributed by atoms with Crippen LogP contribution in [0.2, 0.25) is 5.02 Å². The first-order chi connectivity index (χ1) is 13.1. The van der Waals surface area contributed by atoms with Gasteiger partial charge in [-0.25, -0.2) is 4.98 Å². The summed E-state index contributed by atoms with van der Waals surface area (Å²) in [6.07, 6.45) is 4.36. The van der Waals surface area contributed by atoms with Crippen molar-refractivity contribution >= 4 is 28.8 Å². The highest BCUT2D eigenvalue weighted by molar-refractivity contribution is 6.33. The van der Waals surface area contributed by atoms with E-state index in [4.69, 9.17) is 11.6 Å². The van der Waals surface area contributed by atoms with E-state index in [-0.39, 0.29) is 0 Å². The van der Waals surface area contributed by atoms with Crippen LogP contribution in [0, 0.1) is 13.8 Å². The molecule has 3 nitrogen and oxygen atoms in total. The highest BCUT2D eigenvalue weighted by Crippen LogP contribution is 2.39. The number of aryl methyl sites for hydroxylation is 2. The molecular weight excluding hydrogens is 356 g/mol. The molecule has 0 saturated heterocycles. The van der Waals surface area contributed by atoms with Crippen LogP contribution in [0.15, 0.2) is 60.9 Å². The molecule has 0 fully saturated rings. The number of aldehydes is 1. The van der Waals surface area contributed by atoms with E-state index in [1.54, 1.807) is 12.4 Å². The number of rotatable bonds is 3. The molecule has 2 aromatic carbocycles. The Morgan fingerprint density at radius 3 is 2.41 bits per heavy atom. The maximum absolute atomic E-state index is 11.5. The van der Waals surface area contributed by atoms with Crippen molar-refractivity contribution in [3.8, 4) is 22.3 Å². The Labute approximate surface area is 162 Å². The summed E-state index contributed by atoms with van der Waals surface area (Å²) in [4.78, 5) is 20.1. The molecule has 0 radical (unpaired) electrons. The van der Waals surface area contributed by atoms with Gasteiger partial charge in [0, 0.05) is 28.4 Å². The first kappa shape index (κ1) is 17.4. The second-order valence-corrected chi connectivity index (χ2v) is 6.92. The number of carbonyl (C=O) groups excluding carboxylic acids is 1. The predicted molar refractivity (Wildman–Crippen MR) is 110 cm³/mol. The molecule has 4 aromatic rings. The van der Waals surface area contributed by atoms with Crippen LogP contribution in [0.25, 0.3) is 33.2 Å². The molecule has 4 heteroatoms. The van der Waals surface area contributed by atoms with Gasteiger partial charge < -0.3 is 0 Å². The van der Waals surface area contributed by atoms with Crippen LogP contribution in [0.5, 0.6) is 0 Å². The van der Waals surface area contributed by atoms with Gasteiger partial charge >= 0.3 is 0 Å². The number of hydrogen-bond donors (Lipinski definition) is 0. The fourth-order valence-corrected chi connectivity index (χ4v) is 3.93. The molecule has 0 aliphatic carbocycles. The third kappa shape index (κ3) is 3.00. The van der Waals surface area contributed by atoms with Gasteiger partial charge in [-0.05, 0) is 72.0 Å². The lowest BCUT2D eigenvalue weighted by molar-refractivity contribution is 0.111. The van der Waals surface area contributed by atoms with Crippen LogP contribution in [0.3, 0.4) is 0 Å². The van der Waals surface area contributed by atoms with Gasteiger partial charge in [-0.1, -0.05) is 29.8 Å². The molecule has 0 N–H and O–H groups in total. The van der Waals surface area contributed by atoms with E-state index in [0.717, 1.165) is 50.6 Å². The Balaban J connectivity index is 2.14. The summed E-state index contributed by atoms with van der Waals surface area (Å²) in [6, 6.07) is 15.5. The normalized spacial score (nSPS) is 10.9. The second-order valence-electron chi connectivity index (χ2n) is 6.52. The minimum atomic E-state index is 0.396. The van der Waals surface area contributed by atoms with E-state index in [0.29, 0.717) is 10.7 Å². The van der Waals surface area contributed by atoms with Gasteiger partial charge in [0.15, 0.2) is 6.29 Å². The van der Waals surface area contributed by atoms with E-state index in [2.05, 4.69) is 23.8 Å². The van der Waals surface area contributed by atoms with E-state index in [9.17, 15) is 4.79 Å².